The molecular weight excluding hydrogens is 370 g/mol. The number of aromatic hydroxyl groups is 1. The minimum atomic E-state index is -1.00. The van der Waals surface area contributed by atoms with E-state index in [2.05, 4.69) is 31.9 Å². The first-order chi connectivity index (χ1) is 8.40. The summed E-state index contributed by atoms with van der Waals surface area (Å²) >= 11 is 6.44. The van der Waals surface area contributed by atoms with E-state index in [0.717, 1.165) is 0 Å². The molecule has 7 heteroatoms. The number of carboxylic acids is 1. The molecule has 1 heterocycles. The van der Waals surface area contributed by atoms with Gasteiger partial charge in [-0.15, -0.1) is 0 Å². The van der Waals surface area contributed by atoms with Gasteiger partial charge in [-0.25, -0.2) is 0 Å². The van der Waals surface area contributed by atoms with Gasteiger partial charge in [0.2, 0.25) is 5.91 Å². The van der Waals surface area contributed by atoms with Gasteiger partial charge in [-0.05, 0) is 28.1 Å². The lowest BCUT2D eigenvalue weighted by Gasteiger charge is -2.18. The number of phenols is 1. The van der Waals surface area contributed by atoms with Crippen molar-refractivity contribution in [2.24, 2.45) is 5.92 Å². The van der Waals surface area contributed by atoms with Crippen LogP contribution in [0, 0.1) is 5.92 Å². The van der Waals surface area contributed by atoms with E-state index in [1.807, 2.05) is 0 Å². The van der Waals surface area contributed by atoms with Crippen LogP contribution in [0.4, 0.5) is 5.69 Å². The maximum absolute atomic E-state index is 11.8. The molecule has 96 valence electrons. The van der Waals surface area contributed by atoms with Gasteiger partial charge in [0.25, 0.3) is 0 Å². The fourth-order valence-corrected chi connectivity index (χ4v) is 3.07. The smallest absolute Gasteiger partial charge is 0.308 e. The van der Waals surface area contributed by atoms with E-state index < -0.39 is 11.9 Å². The molecule has 1 aromatic rings. The molecule has 1 saturated heterocycles. The SMILES string of the molecule is O=C(O)C1CC(=O)N(c2cc(Br)cc(Br)c2O)C1. The van der Waals surface area contributed by atoms with Gasteiger partial charge < -0.3 is 15.1 Å². The summed E-state index contributed by atoms with van der Waals surface area (Å²) in [4.78, 5) is 24.0. The number of hydrogen-bond acceptors (Lipinski definition) is 3. The molecule has 1 aromatic carbocycles. The Labute approximate surface area is 120 Å². The summed E-state index contributed by atoms with van der Waals surface area (Å²) in [6.07, 6.45) is -0.0428. The molecule has 1 atom stereocenters. The van der Waals surface area contributed by atoms with Gasteiger partial charge in [-0.1, -0.05) is 15.9 Å². The lowest BCUT2D eigenvalue weighted by Crippen LogP contribution is -2.25. The van der Waals surface area contributed by atoms with Crippen molar-refractivity contribution in [2.45, 2.75) is 6.42 Å². The van der Waals surface area contributed by atoms with Crippen LogP contribution in [0.3, 0.4) is 0 Å². The zero-order chi connectivity index (χ0) is 13.4. The average Bonchev–Trinajstić information content (AvgIpc) is 2.66. The van der Waals surface area contributed by atoms with E-state index >= 15 is 0 Å². The van der Waals surface area contributed by atoms with Crippen LogP contribution in [-0.2, 0) is 9.59 Å². The predicted molar refractivity (Wildman–Crippen MR) is 71.6 cm³/mol. The van der Waals surface area contributed by atoms with Crippen molar-refractivity contribution in [3.63, 3.8) is 0 Å². The van der Waals surface area contributed by atoms with Crippen molar-refractivity contribution in [1.82, 2.24) is 0 Å². The van der Waals surface area contributed by atoms with E-state index in [9.17, 15) is 14.7 Å². The van der Waals surface area contributed by atoms with Crippen molar-refractivity contribution < 1.29 is 19.8 Å². The van der Waals surface area contributed by atoms with Crippen LogP contribution >= 0.6 is 31.9 Å². The van der Waals surface area contributed by atoms with Crippen molar-refractivity contribution >= 4 is 49.4 Å². The molecule has 1 amide bonds. The first-order valence-electron chi connectivity index (χ1n) is 5.11. The highest BCUT2D eigenvalue weighted by molar-refractivity contribution is 9.11. The molecular formula is C11H9Br2NO4. The van der Waals surface area contributed by atoms with Gasteiger partial charge in [0.1, 0.15) is 0 Å². The van der Waals surface area contributed by atoms with Gasteiger partial charge in [0.15, 0.2) is 5.75 Å². The van der Waals surface area contributed by atoms with Crippen LogP contribution in [-0.4, -0.2) is 28.6 Å². The molecule has 0 bridgehead atoms. The summed E-state index contributed by atoms with van der Waals surface area (Å²) in [7, 11) is 0. The molecule has 0 saturated carbocycles. The number of hydrogen-bond donors (Lipinski definition) is 2. The highest BCUT2D eigenvalue weighted by Gasteiger charge is 2.36. The summed E-state index contributed by atoms with van der Waals surface area (Å²) in [5, 5.41) is 18.8. The van der Waals surface area contributed by atoms with Crippen LogP contribution < -0.4 is 4.90 Å². The second-order valence-electron chi connectivity index (χ2n) is 4.00. The number of carbonyl (C=O) groups is 2. The van der Waals surface area contributed by atoms with E-state index in [1.165, 1.54) is 4.90 Å². The highest BCUT2D eigenvalue weighted by atomic mass is 79.9. The predicted octanol–water partition coefficient (Wildman–Crippen LogP) is 2.35. The molecule has 0 radical (unpaired) electrons. The largest absolute Gasteiger partial charge is 0.505 e. The minimum absolute atomic E-state index is 0.0428. The van der Waals surface area contributed by atoms with Gasteiger partial charge >= 0.3 is 5.97 Å². The second kappa shape index (κ2) is 4.89. The van der Waals surface area contributed by atoms with E-state index in [-0.39, 0.29) is 24.6 Å². The van der Waals surface area contributed by atoms with Gasteiger partial charge in [-0.2, -0.15) is 0 Å². The monoisotopic (exact) mass is 377 g/mol. The summed E-state index contributed by atoms with van der Waals surface area (Å²) in [6, 6.07) is 3.23. The Morgan fingerprint density at radius 3 is 2.61 bits per heavy atom. The first kappa shape index (κ1) is 13.4. The van der Waals surface area contributed by atoms with Gasteiger partial charge in [-0.3, -0.25) is 9.59 Å². The molecule has 1 aliphatic rings. The summed E-state index contributed by atoms with van der Waals surface area (Å²) in [5.74, 6) is -2.10. The topological polar surface area (TPSA) is 77.8 Å². The van der Waals surface area contributed by atoms with Gasteiger partial charge in [0.05, 0.1) is 16.1 Å². The zero-order valence-corrected chi connectivity index (χ0v) is 12.2. The number of nitrogens with zero attached hydrogens (tertiary/aromatic N) is 1. The normalized spacial score (nSPS) is 19.3. The Hall–Kier alpha value is -1.08. The molecule has 0 aromatic heterocycles. The highest BCUT2D eigenvalue weighted by Crippen LogP contribution is 2.40. The first-order valence-corrected chi connectivity index (χ1v) is 6.70. The number of anilines is 1. The molecule has 18 heavy (non-hydrogen) atoms. The zero-order valence-electron chi connectivity index (χ0n) is 9.06. The fourth-order valence-electron chi connectivity index (χ4n) is 1.86. The lowest BCUT2D eigenvalue weighted by molar-refractivity contribution is -0.141. The number of carboxylic acid groups (broad SMARTS) is 1. The van der Waals surface area contributed by atoms with Crippen molar-refractivity contribution in [3.8, 4) is 5.75 Å². The maximum Gasteiger partial charge on any atom is 0.308 e. The van der Waals surface area contributed by atoms with E-state index in [0.29, 0.717) is 14.6 Å². The summed E-state index contributed by atoms with van der Waals surface area (Å²) in [5.41, 5.74) is 0.310. The molecule has 1 unspecified atom stereocenters. The second-order valence-corrected chi connectivity index (χ2v) is 5.77. The number of phenolic OH excluding ortho intramolecular Hbond substituents is 1. The van der Waals surface area contributed by atoms with Crippen molar-refractivity contribution in [2.75, 3.05) is 11.4 Å². The third-order valence-electron chi connectivity index (χ3n) is 2.77. The quantitative estimate of drug-likeness (QED) is 0.828. The Bertz CT molecular complexity index is 532. The Morgan fingerprint density at radius 2 is 2.06 bits per heavy atom. The average molecular weight is 379 g/mol. The van der Waals surface area contributed by atoms with Crippen molar-refractivity contribution in [1.29, 1.82) is 0 Å². The number of rotatable bonds is 2. The van der Waals surface area contributed by atoms with Crippen LogP contribution in [0.5, 0.6) is 5.75 Å². The number of halogens is 2. The number of amides is 1. The summed E-state index contributed by atoms with van der Waals surface area (Å²) < 4.78 is 1.13. The molecule has 2 N–H and O–H groups in total. The summed E-state index contributed by atoms with van der Waals surface area (Å²) in [6.45, 7) is 0.0740. The van der Waals surface area contributed by atoms with Crippen molar-refractivity contribution in [3.05, 3.63) is 21.1 Å². The van der Waals surface area contributed by atoms with Crippen LogP contribution in [0.2, 0.25) is 0 Å². The Morgan fingerprint density at radius 1 is 1.39 bits per heavy atom. The lowest BCUT2D eigenvalue weighted by atomic mass is 10.1. The standard InChI is InChI=1S/C11H9Br2NO4/c12-6-2-7(13)10(16)8(3-6)14-4-5(11(17)18)1-9(14)15/h2-3,5,16H,1,4H2,(H,17,18). The number of benzene rings is 1. The molecule has 1 fully saturated rings. The van der Waals surface area contributed by atoms with Crippen LogP contribution in [0.1, 0.15) is 6.42 Å². The van der Waals surface area contributed by atoms with E-state index in [1.54, 1.807) is 12.1 Å². The Balaban J connectivity index is 2.38. The molecule has 1 aliphatic heterocycles. The molecule has 2 rings (SSSR count). The van der Waals surface area contributed by atoms with Crippen LogP contribution in [0.25, 0.3) is 0 Å². The third-order valence-corrected chi connectivity index (χ3v) is 3.84. The molecule has 5 nitrogen and oxygen atoms in total. The van der Waals surface area contributed by atoms with Crippen LogP contribution in [0.15, 0.2) is 21.1 Å². The molecule has 0 aliphatic carbocycles. The number of carbonyl (C=O) groups excluding carboxylic acids is 1. The third kappa shape index (κ3) is 2.37. The minimum Gasteiger partial charge on any atom is -0.505 e. The fraction of sp³-hybridized carbons (Fsp3) is 0.273. The Kier molecular flexibility index (Phi) is 3.63. The van der Waals surface area contributed by atoms with Gasteiger partial charge in [0, 0.05) is 17.4 Å². The number of aliphatic carboxylic acids is 1. The molecule has 0 spiro atoms. The van der Waals surface area contributed by atoms with E-state index in [4.69, 9.17) is 5.11 Å². The maximum atomic E-state index is 11.8.